The molecule has 144 valence electrons. The molecule has 3 rings (SSSR count). The van der Waals surface area contributed by atoms with Crippen LogP contribution in [0.1, 0.15) is 23.0 Å². The first-order chi connectivity index (χ1) is 13.3. The zero-order valence-corrected chi connectivity index (χ0v) is 16.6. The molecular weight excluding hydrogens is 404 g/mol. The maximum Gasteiger partial charge on any atom is 0.341 e. The summed E-state index contributed by atoms with van der Waals surface area (Å²) in [5.74, 6) is -1.79. The lowest BCUT2D eigenvalue weighted by Crippen LogP contribution is -2.25. The molecule has 1 N–H and O–H groups in total. The molecule has 1 aromatic heterocycles. The number of hydrogen-bond acceptors (Lipinski definition) is 2. The summed E-state index contributed by atoms with van der Waals surface area (Å²) in [6.45, 7) is 3.99. The zero-order chi connectivity index (χ0) is 20.6. The molecule has 0 radical (unpaired) electrons. The van der Waals surface area contributed by atoms with E-state index in [0.29, 0.717) is 28.4 Å². The van der Waals surface area contributed by atoms with Gasteiger partial charge in [-0.2, -0.15) is 0 Å². The maximum atomic E-state index is 13.3. The molecule has 0 fully saturated rings. The number of carboxylic acid groups (broad SMARTS) is 1. The third-order valence-corrected chi connectivity index (χ3v) is 5.32. The maximum absolute atomic E-state index is 13.3. The van der Waals surface area contributed by atoms with Crippen molar-refractivity contribution in [2.24, 2.45) is 0 Å². The lowest BCUT2D eigenvalue weighted by atomic mass is 9.96. The van der Waals surface area contributed by atoms with Gasteiger partial charge in [0.2, 0.25) is 5.43 Å². The topological polar surface area (TPSA) is 59.3 Å². The van der Waals surface area contributed by atoms with Crippen molar-refractivity contribution in [1.82, 2.24) is 4.57 Å². The van der Waals surface area contributed by atoms with Crippen LogP contribution in [0.2, 0.25) is 10.0 Å². The summed E-state index contributed by atoms with van der Waals surface area (Å²) < 4.78 is 15.1. The Morgan fingerprint density at radius 2 is 1.68 bits per heavy atom. The van der Waals surface area contributed by atoms with Crippen LogP contribution >= 0.6 is 23.2 Å². The number of hydrogen-bond donors (Lipinski definition) is 1. The molecule has 2 aromatic carbocycles. The molecule has 1 heterocycles. The quantitative estimate of drug-likeness (QED) is 0.593. The van der Waals surface area contributed by atoms with Gasteiger partial charge in [0, 0.05) is 23.4 Å². The van der Waals surface area contributed by atoms with E-state index in [1.807, 2.05) is 6.92 Å². The highest BCUT2D eigenvalue weighted by atomic mass is 35.5. The van der Waals surface area contributed by atoms with Gasteiger partial charge < -0.3 is 9.67 Å². The third-order valence-electron chi connectivity index (χ3n) is 4.58. The Morgan fingerprint density at radius 3 is 2.21 bits per heavy atom. The Balaban J connectivity index is 2.44. The van der Waals surface area contributed by atoms with Gasteiger partial charge in [-0.25, -0.2) is 9.18 Å². The predicted octanol–water partition coefficient (Wildman–Crippen LogP) is 5.65. The second-order valence-corrected chi connectivity index (χ2v) is 7.01. The second-order valence-electron chi connectivity index (χ2n) is 6.20. The Hall–Kier alpha value is -2.63. The van der Waals surface area contributed by atoms with Crippen LogP contribution in [-0.2, 0) is 6.54 Å². The molecule has 0 atom stereocenters. The summed E-state index contributed by atoms with van der Waals surface area (Å²) in [7, 11) is 0. The van der Waals surface area contributed by atoms with Crippen LogP contribution in [0.15, 0.2) is 47.3 Å². The minimum absolute atomic E-state index is 0.225. The van der Waals surface area contributed by atoms with Gasteiger partial charge in [-0.05, 0) is 43.7 Å². The van der Waals surface area contributed by atoms with Crippen molar-refractivity contribution in [3.63, 3.8) is 0 Å². The minimum atomic E-state index is -1.35. The average molecular weight is 420 g/mol. The molecule has 7 heteroatoms. The lowest BCUT2D eigenvalue weighted by molar-refractivity contribution is 0.0695. The van der Waals surface area contributed by atoms with Crippen molar-refractivity contribution in [1.29, 1.82) is 0 Å². The SMILES string of the molecule is CCn1c(C)c(-c2ccc(F)cc2)c(=O)c(C(=O)O)c1-c1ccc(Cl)c(Cl)c1. The van der Waals surface area contributed by atoms with Crippen molar-refractivity contribution in [3.05, 3.63) is 79.8 Å². The summed E-state index contributed by atoms with van der Waals surface area (Å²) in [4.78, 5) is 25.2. The number of aromatic nitrogens is 1. The average Bonchev–Trinajstić information content (AvgIpc) is 2.64. The van der Waals surface area contributed by atoms with Gasteiger partial charge in [-0.3, -0.25) is 4.79 Å². The molecule has 0 saturated carbocycles. The monoisotopic (exact) mass is 419 g/mol. The molecule has 0 bridgehead atoms. The number of carboxylic acids is 1. The first kappa shape index (κ1) is 20.1. The van der Waals surface area contributed by atoms with E-state index in [9.17, 15) is 19.1 Å². The van der Waals surface area contributed by atoms with E-state index in [4.69, 9.17) is 23.2 Å². The summed E-state index contributed by atoms with van der Waals surface area (Å²) in [6.07, 6.45) is 0. The highest BCUT2D eigenvalue weighted by Crippen LogP contribution is 2.33. The standard InChI is InChI=1S/C21H16Cl2FNO3/c1-3-25-11(2)17(12-4-7-14(24)8-5-12)20(26)18(21(27)28)19(25)13-6-9-15(22)16(23)10-13/h4-10H,3H2,1-2H3,(H,27,28). The second kappa shape index (κ2) is 7.78. The minimum Gasteiger partial charge on any atom is -0.477 e. The van der Waals surface area contributed by atoms with Crippen LogP contribution in [0.3, 0.4) is 0 Å². The molecule has 0 aliphatic rings. The molecule has 0 aliphatic carbocycles. The predicted molar refractivity (Wildman–Crippen MR) is 109 cm³/mol. The first-order valence-corrected chi connectivity index (χ1v) is 9.23. The van der Waals surface area contributed by atoms with Crippen LogP contribution in [0.4, 0.5) is 4.39 Å². The highest BCUT2D eigenvalue weighted by Gasteiger charge is 2.25. The molecule has 28 heavy (non-hydrogen) atoms. The summed E-state index contributed by atoms with van der Waals surface area (Å²) >= 11 is 12.1. The third kappa shape index (κ3) is 3.43. The van der Waals surface area contributed by atoms with Crippen molar-refractivity contribution in [2.75, 3.05) is 0 Å². The molecule has 0 aliphatic heterocycles. The molecule has 3 aromatic rings. The van der Waals surface area contributed by atoms with Crippen LogP contribution in [0.5, 0.6) is 0 Å². The van der Waals surface area contributed by atoms with Crippen LogP contribution in [-0.4, -0.2) is 15.6 Å². The highest BCUT2D eigenvalue weighted by molar-refractivity contribution is 6.42. The number of aromatic carboxylic acids is 1. The Morgan fingerprint density at radius 1 is 1.07 bits per heavy atom. The van der Waals surface area contributed by atoms with E-state index in [2.05, 4.69) is 0 Å². The van der Waals surface area contributed by atoms with Gasteiger partial charge in [-0.15, -0.1) is 0 Å². The number of nitrogens with zero attached hydrogens (tertiary/aromatic N) is 1. The van der Waals surface area contributed by atoms with Gasteiger partial charge in [-0.1, -0.05) is 41.4 Å². The molecule has 0 saturated heterocycles. The molecule has 4 nitrogen and oxygen atoms in total. The fraction of sp³-hybridized carbons (Fsp3) is 0.143. The number of benzene rings is 2. The number of rotatable bonds is 4. The van der Waals surface area contributed by atoms with E-state index in [-0.39, 0.29) is 21.8 Å². The van der Waals surface area contributed by atoms with Crippen LogP contribution in [0.25, 0.3) is 22.4 Å². The summed E-state index contributed by atoms with van der Waals surface area (Å²) in [5, 5.41) is 10.4. The Labute approximate surface area is 170 Å². The van der Waals surface area contributed by atoms with E-state index >= 15 is 0 Å². The number of pyridine rings is 1. The van der Waals surface area contributed by atoms with Gasteiger partial charge >= 0.3 is 5.97 Å². The van der Waals surface area contributed by atoms with Gasteiger partial charge in [0.05, 0.1) is 15.7 Å². The zero-order valence-electron chi connectivity index (χ0n) is 15.1. The number of carbonyl (C=O) groups is 1. The molecule has 0 spiro atoms. The van der Waals surface area contributed by atoms with Gasteiger partial charge in [0.25, 0.3) is 0 Å². The summed E-state index contributed by atoms with van der Waals surface area (Å²) in [5.41, 5.74) is 0.969. The van der Waals surface area contributed by atoms with Crippen molar-refractivity contribution in [2.45, 2.75) is 20.4 Å². The molecule has 0 unspecified atom stereocenters. The molecule has 0 amide bonds. The Bertz CT molecular complexity index is 1140. The Kier molecular flexibility index (Phi) is 5.59. The van der Waals surface area contributed by atoms with Crippen molar-refractivity contribution in [3.8, 4) is 22.4 Å². The normalized spacial score (nSPS) is 10.9. The van der Waals surface area contributed by atoms with Gasteiger partial charge in [0.15, 0.2) is 0 Å². The number of halogens is 3. The van der Waals surface area contributed by atoms with E-state index in [1.165, 1.54) is 30.3 Å². The molecular formula is C21H16Cl2FNO3. The van der Waals surface area contributed by atoms with Crippen LogP contribution < -0.4 is 5.43 Å². The van der Waals surface area contributed by atoms with E-state index < -0.39 is 17.2 Å². The lowest BCUT2D eigenvalue weighted by Gasteiger charge is -2.21. The summed E-state index contributed by atoms with van der Waals surface area (Å²) in [6, 6.07) is 10.1. The van der Waals surface area contributed by atoms with Crippen LogP contribution in [0, 0.1) is 12.7 Å². The largest absolute Gasteiger partial charge is 0.477 e. The fourth-order valence-corrected chi connectivity index (χ4v) is 3.63. The van der Waals surface area contributed by atoms with E-state index in [1.54, 1.807) is 23.6 Å². The first-order valence-electron chi connectivity index (χ1n) is 8.48. The fourth-order valence-electron chi connectivity index (χ4n) is 3.33. The van der Waals surface area contributed by atoms with Crippen molar-refractivity contribution < 1.29 is 14.3 Å². The van der Waals surface area contributed by atoms with Gasteiger partial charge in [0.1, 0.15) is 11.4 Å². The smallest absolute Gasteiger partial charge is 0.341 e. The van der Waals surface area contributed by atoms with E-state index in [0.717, 1.165) is 0 Å². The van der Waals surface area contributed by atoms with Crippen molar-refractivity contribution >= 4 is 29.2 Å².